The zero-order valence-electron chi connectivity index (χ0n) is 54.4. The monoisotopic (exact) mass is 1210 g/mol. The Kier molecular flexibility index (Phi) is 25.7. The quantitative estimate of drug-likeness (QED) is 0.0244. The van der Waals surface area contributed by atoms with Gasteiger partial charge in [-0.15, -0.1) is 0 Å². The van der Waals surface area contributed by atoms with Gasteiger partial charge >= 0.3 is 0 Å². The molecule has 6 aromatic rings. The number of rotatable bonds is 32. The minimum absolute atomic E-state index is 0.153. The predicted molar refractivity (Wildman–Crippen MR) is 352 cm³/mol. The number of aryl methyl sites for hydroxylation is 2. The largest absolute Gasteiger partial charge is 0.492 e. The SMILES string of the molecule is COCOc1ccc([C@@]2(C)COc3cc(OCOC)ccc3[C@H]2CCCCc2ccc(N(C)CCO)cc2)cc1.COCOc1ccc([C@@]2(C)COc3cc(OCOC)ccc3[C@H]2CCCCc2ccc(N(C)CCO[Si](C)(C)C(C)(C)C)cc2)cc1. The zero-order valence-corrected chi connectivity index (χ0v) is 55.4. The molecule has 474 valence electrons. The third-order valence-electron chi connectivity index (χ3n) is 18.0. The third-order valence-corrected chi connectivity index (χ3v) is 22.6. The Bertz CT molecular complexity index is 2970. The summed E-state index contributed by atoms with van der Waals surface area (Å²) in [4.78, 5) is 4.36. The summed E-state index contributed by atoms with van der Waals surface area (Å²) in [7, 11) is 8.92. The topological polar surface area (TPSA) is 128 Å². The van der Waals surface area contributed by atoms with Crippen LogP contribution in [0.4, 0.5) is 11.4 Å². The number of unbranched alkanes of at least 4 members (excludes halogenated alkanes) is 2. The number of hydrogen-bond acceptors (Lipinski definition) is 14. The van der Waals surface area contributed by atoms with Crippen LogP contribution in [-0.2, 0) is 47.0 Å². The van der Waals surface area contributed by atoms with Gasteiger partial charge in [0.2, 0.25) is 0 Å². The van der Waals surface area contributed by atoms with Crippen LogP contribution in [0.3, 0.4) is 0 Å². The Morgan fingerprint density at radius 1 is 0.506 bits per heavy atom. The maximum absolute atomic E-state index is 9.19. The van der Waals surface area contributed by atoms with E-state index in [9.17, 15) is 5.11 Å². The van der Waals surface area contributed by atoms with Gasteiger partial charge in [0.25, 0.3) is 0 Å². The van der Waals surface area contributed by atoms with Gasteiger partial charge in [0.05, 0.1) is 26.4 Å². The van der Waals surface area contributed by atoms with Crippen molar-refractivity contribution in [3.63, 3.8) is 0 Å². The second-order valence-electron chi connectivity index (χ2n) is 25.2. The first-order valence-corrected chi connectivity index (χ1v) is 33.8. The van der Waals surface area contributed by atoms with Crippen molar-refractivity contribution in [3.05, 3.63) is 167 Å². The maximum Gasteiger partial charge on any atom is 0.192 e. The van der Waals surface area contributed by atoms with E-state index in [-0.39, 0.29) is 61.5 Å². The van der Waals surface area contributed by atoms with Crippen molar-refractivity contribution in [2.24, 2.45) is 0 Å². The van der Waals surface area contributed by atoms with Gasteiger partial charge in [-0.05, 0) is 151 Å². The highest BCUT2D eigenvalue weighted by molar-refractivity contribution is 6.74. The highest BCUT2D eigenvalue weighted by atomic mass is 28.4. The second kappa shape index (κ2) is 32.8. The molecule has 2 aliphatic heterocycles. The van der Waals surface area contributed by atoms with E-state index >= 15 is 0 Å². The molecule has 87 heavy (non-hydrogen) atoms. The fourth-order valence-electron chi connectivity index (χ4n) is 11.5. The number of benzene rings is 6. The average molecular weight is 1210 g/mol. The smallest absolute Gasteiger partial charge is 0.192 e. The predicted octanol–water partition coefficient (Wildman–Crippen LogP) is 14.9. The lowest BCUT2D eigenvalue weighted by Crippen LogP contribution is -2.42. The van der Waals surface area contributed by atoms with Crippen LogP contribution in [0.2, 0.25) is 18.1 Å². The van der Waals surface area contributed by atoms with Crippen molar-refractivity contribution in [2.45, 2.75) is 127 Å². The zero-order chi connectivity index (χ0) is 62.5. The standard InChI is InChI=1S/C39H57NO6Si.C33H43NO6/c1-38(2,3)47(8,9)46-25-24-40(5)32-18-14-30(15-19-32)12-10-11-13-36-35-23-22-34(45-29-42-7)26-37(35)43-27-39(36,4)31-16-20-33(21-17-31)44-28-41-6;1-33(26-11-15-28(16-12-26)39-23-36-3)22-38-32-21-29(40-24-37-4)17-18-30(32)31(33)8-6-5-7-25-9-13-27(14-10-25)34(2)19-20-35/h14-23,26,36H,10-13,24-25,27-29H2,1-9H3;9-18,21,31,35H,5-8,19-20,22-24H2,1-4H3/t36-,39-;31-,33-/m11/s1. The summed E-state index contributed by atoms with van der Waals surface area (Å²) in [5.74, 6) is 5.45. The van der Waals surface area contributed by atoms with Crippen LogP contribution < -0.4 is 38.2 Å². The van der Waals surface area contributed by atoms with Gasteiger partial charge in [-0.3, -0.25) is 0 Å². The minimum atomic E-state index is -1.73. The highest BCUT2D eigenvalue weighted by Gasteiger charge is 2.44. The molecule has 0 saturated heterocycles. The van der Waals surface area contributed by atoms with Crippen LogP contribution in [0, 0.1) is 0 Å². The van der Waals surface area contributed by atoms with Crippen molar-refractivity contribution in [2.75, 3.05) is 119 Å². The van der Waals surface area contributed by atoms with E-state index in [0.717, 1.165) is 105 Å². The van der Waals surface area contributed by atoms with E-state index in [0.29, 0.717) is 19.8 Å². The molecule has 15 heteroatoms. The molecule has 0 aliphatic carbocycles. The van der Waals surface area contributed by atoms with Gasteiger partial charge in [-0.1, -0.05) is 108 Å². The molecule has 0 fully saturated rings. The van der Waals surface area contributed by atoms with E-state index in [1.807, 2.05) is 55.6 Å². The molecule has 0 amide bonds. The van der Waals surface area contributed by atoms with Crippen LogP contribution >= 0.6 is 0 Å². The van der Waals surface area contributed by atoms with Crippen LogP contribution in [0.5, 0.6) is 34.5 Å². The van der Waals surface area contributed by atoms with E-state index in [1.54, 1.807) is 28.4 Å². The lowest BCUT2D eigenvalue weighted by Gasteiger charge is -2.43. The molecule has 14 nitrogen and oxygen atoms in total. The number of ether oxygens (including phenoxy) is 10. The van der Waals surface area contributed by atoms with Gasteiger partial charge < -0.3 is 66.7 Å². The molecule has 0 unspecified atom stereocenters. The molecule has 2 heterocycles. The first kappa shape index (κ1) is 68.2. The summed E-state index contributed by atoms with van der Waals surface area (Å²) in [6, 6.07) is 46.8. The molecule has 6 aromatic carbocycles. The third kappa shape index (κ3) is 18.6. The Labute approximate surface area is 521 Å². The second-order valence-corrected chi connectivity index (χ2v) is 30.0. The van der Waals surface area contributed by atoms with Gasteiger partial charge in [0, 0.05) is 102 Å². The molecule has 0 bridgehead atoms. The maximum atomic E-state index is 9.19. The van der Waals surface area contributed by atoms with Gasteiger partial charge in [-0.2, -0.15) is 0 Å². The minimum Gasteiger partial charge on any atom is -0.492 e. The first-order valence-electron chi connectivity index (χ1n) is 30.9. The Morgan fingerprint density at radius 2 is 0.874 bits per heavy atom. The Morgan fingerprint density at radius 3 is 1.24 bits per heavy atom. The molecule has 0 aromatic heterocycles. The lowest BCUT2D eigenvalue weighted by molar-refractivity contribution is 0.0504. The van der Waals surface area contributed by atoms with Crippen molar-refractivity contribution in [1.82, 2.24) is 0 Å². The average Bonchev–Trinajstić information content (AvgIpc) is 0.986. The van der Waals surface area contributed by atoms with Crippen LogP contribution in [0.15, 0.2) is 133 Å². The number of anilines is 2. The molecule has 0 radical (unpaired) electrons. The molecule has 8 rings (SSSR count). The number of fused-ring (bicyclic) bond motifs is 2. The van der Waals surface area contributed by atoms with E-state index < -0.39 is 8.32 Å². The number of nitrogens with zero attached hydrogens (tertiary/aromatic N) is 2. The van der Waals surface area contributed by atoms with Crippen LogP contribution in [0.1, 0.15) is 118 Å². The molecule has 0 saturated carbocycles. The van der Waals surface area contributed by atoms with Gasteiger partial charge in [-0.25, -0.2) is 0 Å². The fourth-order valence-corrected chi connectivity index (χ4v) is 12.6. The summed E-state index contributed by atoms with van der Waals surface area (Å²) >= 11 is 0. The van der Waals surface area contributed by atoms with Crippen molar-refractivity contribution in [1.29, 1.82) is 0 Å². The van der Waals surface area contributed by atoms with Crippen LogP contribution in [0.25, 0.3) is 0 Å². The fraction of sp³-hybridized carbons (Fsp3) is 0.500. The number of methoxy groups -OCH3 is 4. The molecule has 2 aliphatic rings. The molecular weight excluding hydrogens is 1110 g/mol. The van der Waals surface area contributed by atoms with E-state index in [2.05, 4.69) is 149 Å². The molecule has 4 atom stereocenters. The number of aliphatic hydroxyl groups excluding tert-OH is 1. The Balaban J connectivity index is 0.000000252. The molecule has 0 spiro atoms. The summed E-state index contributed by atoms with van der Waals surface area (Å²) in [6.45, 7) is 20.6. The molecule has 1 N–H and O–H groups in total. The van der Waals surface area contributed by atoms with Gasteiger partial charge in [0.1, 0.15) is 34.5 Å². The number of hydrogen-bond donors (Lipinski definition) is 1. The normalized spacial score (nSPS) is 18.0. The Hall–Kier alpha value is -6.30. The summed E-state index contributed by atoms with van der Waals surface area (Å²) in [5.41, 5.74) is 9.60. The number of aliphatic hydroxyl groups is 1. The number of likely N-dealkylation sites (N-methyl/N-ethyl adjacent to an activating group) is 2. The first-order chi connectivity index (χ1) is 41.9. The summed E-state index contributed by atoms with van der Waals surface area (Å²) in [5, 5.41) is 9.42. The summed E-state index contributed by atoms with van der Waals surface area (Å²) < 4.78 is 62.2. The van der Waals surface area contributed by atoms with Crippen molar-refractivity contribution < 1.29 is 56.9 Å². The van der Waals surface area contributed by atoms with Gasteiger partial charge in [0.15, 0.2) is 35.5 Å². The molecular formula is C72H100N2O12Si. The van der Waals surface area contributed by atoms with Crippen molar-refractivity contribution in [3.8, 4) is 34.5 Å². The van der Waals surface area contributed by atoms with Crippen LogP contribution in [-0.4, -0.2) is 123 Å². The highest BCUT2D eigenvalue weighted by Crippen LogP contribution is 2.52. The summed E-state index contributed by atoms with van der Waals surface area (Å²) in [6.07, 6.45) is 8.63. The lowest BCUT2D eigenvalue weighted by atomic mass is 9.66. The van der Waals surface area contributed by atoms with Crippen molar-refractivity contribution >= 4 is 19.7 Å². The van der Waals surface area contributed by atoms with E-state index in [4.69, 9.17) is 51.8 Å². The van der Waals surface area contributed by atoms with E-state index in [1.165, 1.54) is 39.1 Å².